The van der Waals surface area contributed by atoms with E-state index in [0.717, 1.165) is 25.0 Å². The third-order valence-electron chi connectivity index (χ3n) is 5.72. The van der Waals surface area contributed by atoms with Gasteiger partial charge >= 0.3 is 6.18 Å². The number of piperidine rings is 1. The number of alkyl halides is 3. The van der Waals surface area contributed by atoms with E-state index in [2.05, 4.69) is 10.2 Å². The Morgan fingerprint density at radius 1 is 1.12 bits per heavy atom. The molecule has 0 bridgehead atoms. The number of hydrogen-bond acceptors (Lipinski definition) is 3. The molecule has 6 heteroatoms. The Kier molecular flexibility index (Phi) is 4.21. The minimum absolute atomic E-state index is 0.0502. The molecule has 2 fully saturated rings. The summed E-state index contributed by atoms with van der Waals surface area (Å²) < 4.78 is 38.3. The first-order valence-electron chi connectivity index (χ1n) is 8.40. The maximum Gasteiger partial charge on any atom is 0.416 e. The van der Waals surface area contributed by atoms with Gasteiger partial charge in [0, 0.05) is 17.6 Å². The molecule has 1 aromatic carbocycles. The molecule has 2 aliphatic rings. The van der Waals surface area contributed by atoms with Crippen LogP contribution in [0.1, 0.15) is 43.7 Å². The fraction of sp³-hybridized carbons (Fsp3) is 0.667. The van der Waals surface area contributed by atoms with Gasteiger partial charge in [0.25, 0.3) is 0 Å². The largest absolute Gasteiger partial charge is 0.416 e. The molecule has 134 valence electrons. The number of rotatable bonds is 3. The van der Waals surface area contributed by atoms with Crippen LogP contribution in [-0.2, 0) is 11.8 Å². The summed E-state index contributed by atoms with van der Waals surface area (Å²) in [6.45, 7) is 2.02. The number of benzene rings is 1. The summed E-state index contributed by atoms with van der Waals surface area (Å²) in [5, 5.41) is 14.8. The van der Waals surface area contributed by atoms with Crippen LogP contribution in [0.15, 0.2) is 24.3 Å². The predicted octanol–water partition coefficient (Wildman–Crippen LogP) is 3.13. The molecule has 3 rings (SSSR count). The van der Waals surface area contributed by atoms with Gasteiger partial charge in [-0.2, -0.15) is 13.2 Å². The molecule has 2 N–H and O–H groups in total. The van der Waals surface area contributed by atoms with Crippen molar-refractivity contribution < 1.29 is 18.3 Å². The SMILES string of the molecule is C[C@H]1CC(O)(c2ccc(C(F)(F)F)cc2)C[C@@H](C2(N(C)C)CC2)N1. The molecular weight excluding hydrogens is 317 g/mol. The summed E-state index contributed by atoms with van der Waals surface area (Å²) in [6.07, 6.45) is -1.19. The Balaban J connectivity index is 1.86. The molecular formula is C18H25F3N2O. The maximum absolute atomic E-state index is 12.8. The van der Waals surface area contributed by atoms with Crippen molar-refractivity contribution in [2.24, 2.45) is 0 Å². The molecule has 1 aliphatic carbocycles. The van der Waals surface area contributed by atoms with Crippen LogP contribution in [0.4, 0.5) is 13.2 Å². The number of likely N-dealkylation sites (N-methyl/N-ethyl adjacent to an activating group) is 1. The zero-order valence-electron chi connectivity index (χ0n) is 14.3. The van der Waals surface area contributed by atoms with Crippen LogP contribution in [0.2, 0.25) is 0 Å². The van der Waals surface area contributed by atoms with Gasteiger partial charge in [-0.3, -0.25) is 0 Å². The van der Waals surface area contributed by atoms with Crippen LogP contribution in [0.5, 0.6) is 0 Å². The van der Waals surface area contributed by atoms with Crippen molar-refractivity contribution in [2.75, 3.05) is 14.1 Å². The zero-order valence-corrected chi connectivity index (χ0v) is 14.3. The van der Waals surface area contributed by atoms with E-state index < -0.39 is 17.3 Å². The van der Waals surface area contributed by atoms with Crippen LogP contribution in [-0.4, -0.2) is 41.7 Å². The highest BCUT2D eigenvalue weighted by Crippen LogP contribution is 2.49. The van der Waals surface area contributed by atoms with Gasteiger partial charge in [-0.25, -0.2) is 0 Å². The van der Waals surface area contributed by atoms with Crippen LogP contribution >= 0.6 is 0 Å². The van der Waals surface area contributed by atoms with Crippen molar-refractivity contribution in [1.29, 1.82) is 0 Å². The third kappa shape index (κ3) is 3.07. The average Bonchev–Trinajstić information content (AvgIpc) is 3.27. The van der Waals surface area contributed by atoms with Crippen molar-refractivity contribution in [3.8, 4) is 0 Å². The van der Waals surface area contributed by atoms with E-state index in [4.69, 9.17) is 0 Å². The van der Waals surface area contributed by atoms with Crippen LogP contribution < -0.4 is 5.32 Å². The van der Waals surface area contributed by atoms with E-state index >= 15 is 0 Å². The molecule has 0 amide bonds. The van der Waals surface area contributed by atoms with Gasteiger partial charge in [0.05, 0.1) is 11.2 Å². The fourth-order valence-corrected chi connectivity index (χ4v) is 4.17. The second-order valence-corrected chi connectivity index (χ2v) is 7.63. The summed E-state index contributed by atoms with van der Waals surface area (Å²) in [6, 6.07) is 5.21. The van der Waals surface area contributed by atoms with Crippen LogP contribution in [0, 0.1) is 0 Å². The minimum atomic E-state index is -4.35. The minimum Gasteiger partial charge on any atom is -0.385 e. The summed E-state index contributed by atoms with van der Waals surface area (Å²) in [7, 11) is 4.09. The number of nitrogens with zero attached hydrogens (tertiary/aromatic N) is 1. The lowest BCUT2D eigenvalue weighted by molar-refractivity contribution is -0.137. The molecule has 1 saturated heterocycles. The number of aliphatic hydroxyl groups is 1. The molecule has 1 unspecified atom stereocenters. The molecule has 3 nitrogen and oxygen atoms in total. The highest BCUT2D eigenvalue weighted by atomic mass is 19.4. The van der Waals surface area contributed by atoms with Gasteiger partial charge < -0.3 is 15.3 Å². The van der Waals surface area contributed by atoms with E-state index in [1.807, 2.05) is 21.0 Å². The van der Waals surface area contributed by atoms with Gasteiger partial charge in [-0.05, 0) is 64.4 Å². The lowest BCUT2D eigenvalue weighted by Crippen LogP contribution is -2.59. The smallest absolute Gasteiger partial charge is 0.385 e. The van der Waals surface area contributed by atoms with Gasteiger partial charge in [0.1, 0.15) is 0 Å². The highest BCUT2D eigenvalue weighted by Gasteiger charge is 2.55. The van der Waals surface area contributed by atoms with Crippen molar-refractivity contribution >= 4 is 0 Å². The van der Waals surface area contributed by atoms with Gasteiger partial charge in [-0.1, -0.05) is 12.1 Å². The van der Waals surface area contributed by atoms with E-state index in [1.165, 1.54) is 12.1 Å². The molecule has 1 saturated carbocycles. The topological polar surface area (TPSA) is 35.5 Å². The average molecular weight is 342 g/mol. The summed E-state index contributed by atoms with van der Waals surface area (Å²) in [5.41, 5.74) is -1.15. The number of nitrogens with one attached hydrogen (secondary N) is 1. The lowest BCUT2D eigenvalue weighted by atomic mass is 9.76. The maximum atomic E-state index is 12.8. The number of halogens is 3. The molecule has 1 heterocycles. The standard InChI is InChI=1S/C18H25F3N2O/c1-12-10-17(24,11-15(22-12)16(8-9-16)23(2)3)13-4-6-14(7-5-13)18(19,20)21/h4-7,12,15,22,24H,8-11H2,1-3H3/t12-,15-,17?/m0/s1. The quantitative estimate of drug-likeness (QED) is 0.886. The molecule has 0 aromatic heterocycles. The molecule has 1 aromatic rings. The van der Waals surface area contributed by atoms with Crippen molar-refractivity contribution in [3.63, 3.8) is 0 Å². The van der Waals surface area contributed by atoms with Crippen LogP contribution in [0.25, 0.3) is 0 Å². The van der Waals surface area contributed by atoms with E-state index in [1.54, 1.807) is 0 Å². The summed E-state index contributed by atoms with van der Waals surface area (Å²) in [5.74, 6) is 0. The third-order valence-corrected chi connectivity index (χ3v) is 5.72. The fourth-order valence-electron chi connectivity index (χ4n) is 4.17. The molecule has 1 aliphatic heterocycles. The Morgan fingerprint density at radius 3 is 2.17 bits per heavy atom. The normalized spacial score (nSPS) is 32.8. The van der Waals surface area contributed by atoms with Crippen molar-refractivity contribution in [3.05, 3.63) is 35.4 Å². The van der Waals surface area contributed by atoms with Gasteiger partial charge in [-0.15, -0.1) is 0 Å². The Bertz CT molecular complexity index is 595. The van der Waals surface area contributed by atoms with Crippen LogP contribution in [0.3, 0.4) is 0 Å². The van der Waals surface area contributed by atoms with Gasteiger partial charge in [0.15, 0.2) is 0 Å². The van der Waals surface area contributed by atoms with Crippen molar-refractivity contribution in [1.82, 2.24) is 10.2 Å². The van der Waals surface area contributed by atoms with Crippen molar-refractivity contribution in [2.45, 2.75) is 62.0 Å². The van der Waals surface area contributed by atoms with E-state index in [-0.39, 0.29) is 17.6 Å². The zero-order chi connectivity index (χ0) is 17.8. The lowest BCUT2D eigenvalue weighted by Gasteiger charge is -2.46. The highest BCUT2D eigenvalue weighted by molar-refractivity contribution is 5.30. The number of hydrogen-bond donors (Lipinski definition) is 2. The van der Waals surface area contributed by atoms with E-state index in [0.29, 0.717) is 18.4 Å². The Hall–Kier alpha value is -1.11. The first kappa shape index (κ1) is 17.7. The Morgan fingerprint density at radius 2 is 1.71 bits per heavy atom. The summed E-state index contributed by atoms with van der Waals surface area (Å²) >= 11 is 0. The predicted molar refractivity (Wildman–Crippen MR) is 86.6 cm³/mol. The van der Waals surface area contributed by atoms with E-state index in [9.17, 15) is 18.3 Å². The first-order valence-corrected chi connectivity index (χ1v) is 8.40. The molecule has 3 atom stereocenters. The second kappa shape index (κ2) is 5.71. The molecule has 0 radical (unpaired) electrons. The Labute approximate surface area is 140 Å². The second-order valence-electron chi connectivity index (χ2n) is 7.63. The molecule has 0 spiro atoms. The monoisotopic (exact) mass is 342 g/mol. The summed E-state index contributed by atoms with van der Waals surface area (Å²) in [4.78, 5) is 2.20. The first-order chi connectivity index (χ1) is 11.1. The molecule has 24 heavy (non-hydrogen) atoms. The van der Waals surface area contributed by atoms with Gasteiger partial charge in [0.2, 0.25) is 0 Å².